The summed E-state index contributed by atoms with van der Waals surface area (Å²) in [5.74, 6) is 0.367. The number of nitrogens with zero attached hydrogens (tertiary/aromatic N) is 1. The lowest BCUT2D eigenvalue weighted by atomic mass is 9.87. The van der Waals surface area contributed by atoms with Gasteiger partial charge in [0.2, 0.25) is 0 Å². The van der Waals surface area contributed by atoms with Crippen molar-refractivity contribution in [2.24, 2.45) is 0 Å². The summed E-state index contributed by atoms with van der Waals surface area (Å²) in [6.07, 6.45) is 4.97. The summed E-state index contributed by atoms with van der Waals surface area (Å²) in [6.45, 7) is 8.56. The van der Waals surface area contributed by atoms with Crippen LogP contribution < -0.4 is 0 Å². The van der Waals surface area contributed by atoms with E-state index in [-0.39, 0.29) is 5.54 Å². The van der Waals surface area contributed by atoms with Crippen LogP contribution in [-0.2, 0) is 17.6 Å². The van der Waals surface area contributed by atoms with Gasteiger partial charge in [0.1, 0.15) is 0 Å². The minimum atomic E-state index is -0.278. The molecule has 0 saturated carbocycles. The summed E-state index contributed by atoms with van der Waals surface area (Å²) in [6, 6.07) is 8.50. The second-order valence-electron chi connectivity index (χ2n) is 6.09. The molecule has 1 unspecified atom stereocenters. The molecule has 0 spiro atoms. The highest BCUT2D eigenvalue weighted by atomic mass is 16.1. The van der Waals surface area contributed by atoms with E-state index < -0.39 is 0 Å². The molecule has 2 heteroatoms. The SMILES string of the molecule is CCc1ccc(CC(=O)C(C)(CC)N2CCCC2)cc1. The van der Waals surface area contributed by atoms with Crippen LogP contribution in [0.4, 0.5) is 0 Å². The Balaban J connectivity index is 2.08. The Bertz CT molecular complexity index is 445. The molecule has 2 nitrogen and oxygen atoms in total. The number of benzene rings is 1. The zero-order valence-corrected chi connectivity index (χ0v) is 13.1. The van der Waals surface area contributed by atoms with Crippen LogP contribution in [0.25, 0.3) is 0 Å². The van der Waals surface area contributed by atoms with Crippen molar-refractivity contribution in [3.8, 4) is 0 Å². The van der Waals surface area contributed by atoms with E-state index in [0.717, 1.165) is 31.5 Å². The van der Waals surface area contributed by atoms with Gasteiger partial charge < -0.3 is 0 Å². The van der Waals surface area contributed by atoms with E-state index in [1.165, 1.54) is 18.4 Å². The average molecular weight is 273 g/mol. The Morgan fingerprint density at radius 3 is 2.15 bits per heavy atom. The Hall–Kier alpha value is -1.15. The van der Waals surface area contributed by atoms with Crippen molar-refractivity contribution in [2.45, 2.75) is 58.4 Å². The summed E-state index contributed by atoms with van der Waals surface area (Å²) in [4.78, 5) is 15.1. The van der Waals surface area contributed by atoms with Crippen LogP contribution in [0.3, 0.4) is 0 Å². The molecule has 0 amide bonds. The highest BCUT2D eigenvalue weighted by Crippen LogP contribution is 2.27. The van der Waals surface area contributed by atoms with Gasteiger partial charge in [-0.2, -0.15) is 0 Å². The van der Waals surface area contributed by atoms with Crippen LogP contribution in [0.15, 0.2) is 24.3 Å². The van der Waals surface area contributed by atoms with Gasteiger partial charge >= 0.3 is 0 Å². The van der Waals surface area contributed by atoms with Crippen molar-refractivity contribution in [3.05, 3.63) is 35.4 Å². The van der Waals surface area contributed by atoms with Crippen LogP contribution in [0.5, 0.6) is 0 Å². The lowest BCUT2D eigenvalue weighted by Crippen LogP contribution is -2.51. The van der Waals surface area contributed by atoms with E-state index >= 15 is 0 Å². The van der Waals surface area contributed by atoms with Crippen molar-refractivity contribution >= 4 is 5.78 Å². The third kappa shape index (κ3) is 3.12. The molecule has 0 N–H and O–H groups in total. The molecular weight excluding hydrogens is 246 g/mol. The normalized spacial score (nSPS) is 18.9. The molecule has 1 aromatic carbocycles. The number of likely N-dealkylation sites (tertiary alicyclic amines) is 1. The van der Waals surface area contributed by atoms with E-state index in [2.05, 4.69) is 49.9 Å². The molecule has 0 bridgehead atoms. The average Bonchev–Trinajstić information content (AvgIpc) is 3.01. The van der Waals surface area contributed by atoms with Gasteiger partial charge in [0, 0.05) is 6.42 Å². The molecule has 1 aromatic rings. The van der Waals surface area contributed by atoms with Crippen molar-refractivity contribution < 1.29 is 4.79 Å². The number of hydrogen-bond acceptors (Lipinski definition) is 2. The fourth-order valence-corrected chi connectivity index (χ4v) is 3.08. The molecule has 1 atom stereocenters. The smallest absolute Gasteiger partial charge is 0.157 e. The second-order valence-corrected chi connectivity index (χ2v) is 6.09. The first kappa shape index (κ1) is 15.2. The zero-order valence-electron chi connectivity index (χ0n) is 13.1. The van der Waals surface area contributed by atoms with Gasteiger partial charge in [-0.05, 0) is 56.8 Å². The third-order valence-electron chi connectivity index (χ3n) is 4.89. The number of carbonyl (C=O) groups is 1. The Kier molecular flexibility index (Phi) is 4.98. The molecule has 0 aromatic heterocycles. The van der Waals surface area contributed by atoms with Crippen LogP contribution in [0, 0.1) is 0 Å². The maximum absolute atomic E-state index is 12.8. The Morgan fingerprint density at radius 1 is 1.10 bits per heavy atom. The standard InChI is InChI=1S/C18H27NO/c1-4-15-8-10-16(11-9-15)14-17(20)18(3,5-2)19-12-6-7-13-19/h8-11H,4-7,12-14H2,1-3H3. The maximum atomic E-state index is 12.8. The summed E-state index contributed by atoms with van der Waals surface area (Å²) < 4.78 is 0. The number of hydrogen-bond donors (Lipinski definition) is 0. The molecule has 20 heavy (non-hydrogen) atoms. The maximum Gasteiger partial charge on any atom is 0.157 e. The molecule has 110 valence electrons. The summed E-state index contributed by atoms with van der Waals surface area (Å²) in [7, 11) is 0. The fraction of sp³-hybridized carbons (Fsp3) is 0.611. The summed E-state index contributed by atoms with van der Waals surface area (Å²) >= 11 is 0. The fourth-order valence-electron chi connectivity index (χ4n) is 3.08. The molecule has 0 radical (unpaired) electrons. The third-order valence-corrected chi connectivity index (χ3v) is 4.89. The lowest BCUT2D eigenvalue weighted by Gasteiger charge is -2.36. The number of carbonyl (C=O) groups excluding carboxylic acids is 1. The molecule has 1 heterocycles. The van der Waals surface area contributed by atoms with Gasteiger partial charge in [-0.25, -0.2) is 0 Å². The van der Waals surface area contributed by atoms with Gasteiger partial charge in [0.15, 0.2) is 5.78 Å². The molecule has 1 saturated heterocycles. The van der Waals surface area contributed by atoms with Crippen LogP contribution in [0.2, 0.25) is 0 Å². The number of Topliss-reactive ketones (excluding diaryl/α,β-unsaturated/α-hetero) is 1. The Morgan fingerprint density at radius 2 is 1.65 bits per heavy atom. The summed E-state index contributed by atoms with van der Waals surface area (Å²) in [5, 5.41) is 0. The largest absolute Gasteiger partial charge is 0.297 e. The van der Waals surface area contributed by atoms with Crippen LogP contribution >= 0.6 is 0 Å². The van der Waals surface area contributed by atoms with E-state index in [1.54, 1.807) is 0 Å². The predicted octanol–water partition coefficient (Wildman–Crippen LogP) is 3.63. The van der Waals surface area contributed by atoms with Crippen LogP contribution in [-0.4, -0.2) is 29.3 Å². The van der Waals surface area contributed by atoms with E-state index in [4.69, 9.17) is 0 Å². The Labute approximate surface area is 123 Å². The lowest BCUT2D eigenvalue weighted by molar-refractivity contribution is -0.129. The van der Waals surface area contributed by atoms with Gasteiger partial charge in [-0.3, -0.25) is 9.69 Å². The molecule has 1 fully saturated rings. The van der Waals surface area contributed by atoms with Gasteiger partial charge in [0.05, 0.1) is 5.54 Å². The van der Waals surface area contributed by atoms with E-state index in [9.17, 15) is 4.79 Å². The van der Waals surface area contributed by atoms with E-state index in [1.807, 2.05) is 0 Å². The molecular formula is C18H27NO. The second kappa shape index (κ2) is 6.53. The number of aryl methyl sites for hydroxylation is 1. The van der Waals surface area contributed by atoms with Crippen molar-refractivity contribution in [3.63, 3.8) is 0 Å². The van der Waals surface area contributed by atoms with Gasteiger partial charge in [-0.1, -0.05) is 38.1 Å². The van der Waals surface area contributed by atoms with E-state index in [0.29, 0.717) is 12.2 Å². The molecule has 0 aliphatic carbocycles. The molecule has 2 rings (SSSR count). The minimum Gasteiger partial charge on any atom is -0.297 e. The monoisotopic (exact) mass is 273 g/mol. The highest BCUT2D eigenvalue weighted by Gasteiger charge is 2.38. The van der Waals surface area contributed by atoms with Gasteiger partial charge in [0.25, 0.3) is 0 Å². The number of rotatable bonds is 6. The number of ketones is 1. The summed E-state index contributed by atoms with van der Waals surface area (Å²) in [5.41, 5.74) is 2.20. The van der Waals surface area contributed by atoms with Gasteiger partial charge in [-0.15, -0.1) is 0 Å². The zero-order chi connectivity index (χ0) is 14.6. The minimum absolute atomic E-state index is 0.278. The first-order chi connectivity index (χ1) is 9.60. The molecule has 1 aliphatic rings. The van der Waals surface area contributed by atoms with Crippen LogP contribution in [0.1, 0.15) is 51.2 Å². The van der Waals surface area contributed by atoms with Crippen molar-refractivity contribution in [1.29, 1.82) is 0 Å². The molecule has 1 aliphatic heterocycles. The highest BCUT2D eigenvalue weighted by molar-refractivity contribution is 5.89. The quantitative estimate of drug-likeness (QED) is 0.789. The van der Waals surface area contributed by atoms with Crippen molar-refractivity contribution in [1.82, 2.24) is 4.90 Å². The van der Waals surface area contributed by atoms with Crippen molar-refractivity contribution in [2.75, 3.05) is 13.1 Å². The first-order valence-electron chi connectivity index (χ1n) is 7.96. The topological polar surface area (TPSA) is 20.3 Å². The first-order valence-corrected chi connectivity index (χ1v) is 7.96. The predicted molar refractivity (Wildman–Crippen MR) is 84.0 cm³/mol.